The van der Waals surface area contributed by atoms with Gasteiger partial charge in [-0.1, -0.05) is 24.3 Å². The molecule has 0 fully saturated rings. The topological polar surface area (TPSA) is 112 Å². The highest BCUT2D eigenvalue weighted by Gasteiger charge is 2.35. The Balaban J connectivity index is 2.00. The molecular formula is C27H25NO8S. The van der Waals surface area contributed by atoms with Crippen LogP contribution in [-0.2, 0) is 14.8 Å². The Morgan fingerprint density at radius 2 is 1.51 bits per heavy atom. The van der Waals surface area contributed by atoms with Crippen molar-refractivity contribution >= 4 is 38.4 Å². The molecule has 0 saturated carbocycles. The summed E-state index contributed by atoms with van der Waals surface area (Å²) in [6.45, 7) is 1.44. The molecule has 1 amide bonds. The molecule has 0 aliphatic carbocycles. The minimum absolute atomic E-state index is 0.00146. The number of sulfonamides is 1. The molecule has 1 heterocycles. The number of nitrogens with zero attached hydrogens (tertiary/aromatic N) is 1. The van der Waals surface area contributed by atoms with Crippen molar-refractivity contribution < 1.29 is 36.6 Å². The third kappa shape index (κ3) is 4.68. The Hall–Kier alpha value is -4.15. The second kappa shape index (κ2) is 10.5. The van der Waals surface area contributed by atoms with Gasteiger partial charge in [0, 0.05) is 12.5 Å². The van der Waals surface area contributed by atoms with Crippen molar-refractivity contribution in [3.63, 3.8) is 0 Å². The summed E-state index contributed by atoms with van der Waals surface area (Å²) in [4.78, 5) is 26.7. The van der Waals surface area contributed by atoms with Gasteiger partial charge in [-0.15, -0.1) is 0 Å². The van der Waals surface area contributed by atoms with E-state index in [1.54, 1.807) is 31.2 Å². The normalized spacial score (nSPS) is 11.4. The van der Waals surface area contributed by atoms with Gasteiger partial charge in [0.2, 0.25) is 0 Å². The summed E-state index contributed by atoms with van der Waals surface area (Å²) in [5, 5.41) is 0.352. The molecule has 0 atom stereocenters. The summed E-state index contributed by atoms with van der Waals surface area (Å²) in [7, 11) is -0.286. The smallest absolute Gasteiger partial charge is 0.279 e. The molecule has 0 spiro atoms. The molecule has 37 heavy (non-hydrogen) atoms. The number of carbonyl (C=O) groups excluding carboxylic acids is 2. The zero-order chi connectivity index (χ0) is 26.7. The number of hydrogen-bond acceptors (Lipinski definition) is 8. The highest BCUT2D eigenvalue weighted by Crippen LogP contribution is 2.36. The molecule has 0 aliphatic heterocycles. The lowest BCUT2D eigenvalue weighted by Crippen LogP contribution is -2.37. The third-order valence-corrected chi connectivity index (χ3v) is 7.47. The van der Waals surface area contributed by atoms with Gasteiger partial charge >= 0.3 is 0 Å². The van der Waals surface area contributed by atoms with E-state index in [2.05, 4.69) is 0 Å². The van der Waals surface area contributed by atoms with E-state index in [0.717, 1.165) is 0 Å². The lowest BCUT2D eigenvalue weighted by Gasteiger charge is -2.24. The van der Waals surface area contributed by atoms with Gasteiger partial charge in [-0.2, -0.15) is 4.31 Å². The van der Waals surface area contributed by atoms with Crippen LogP contribution >= 0.6 is 0 Å². The molecule has 3 aromatic carbocycles. The SMILES string of the molecule is COCC(=O)c1c(C)oc2ccc(N(C(=O)c3c(OC)cccc3OC)S(=O)(=O)c3ccccc3)cc12. The quantitative estimate of drug-likeness (QED) is 0.292. The lowest BCUT2D eigenvalue weighted by atomic mass is 10.1. The maximum absolute atomic E-state index is 14.1. The van der Waals surface area contributed by atoms with E-state index in [-0.39, 0.29) is 45.6 Å². The van der Waals surface area contributed by atoms with Crippen LogP contribution in [0.5, 0.6) is 11.5 Å². The Kier molecular flexibility index (Phi) is 7.33. The van der Waals surface area contributed by atoms with Gasteiger partial charge < -0.3 is 18.6 Å². The van der Waals surface area contributed by atoms with Crippen LogP contribution in [0.4, 0.5) is 5.69 Å². The molecule has 0 N–H and O–H groups in total. The van der Waals surface area contributed by atoms with Crippen molar-refractivity contribution in [1.82, 2.24) is 0 Å². The Morgan fingerprint density at radius 1 is 0.865 bits per heavy atom. The van der Waals surface area contributed by atoms with Crippen LogP contribution in [0.25, 0.3) is 11.0 Å². The zero-order valence-corrected chi connectivity index (χ0v) is 21.5. The molecule has 0 saturated heterocycles. The minimum atomic E-state index is -4.42. The van der Waals surface area contributed by atoms with Crippen LogP contribution in [-0.4, -0.2) is 48.0 Å². The molecule has 192 valence electrons. The van der Waals surface area contributed by atoms with Gasteiger partial charge in [0.05, 0.1) is 30.4 Å². The van der Waals surface area contributed by atoms with Crippen LogP contribution in [0.3, 0.4) is 0 Å². The van der Waals surface area contributed by atoms with Crippen molar-refractivity contribution in [3.8, 4) is 11.5 Å². The third-order valence-electron chi connectivity index (χ3n) is 5.74. The number of rotatable bonds is 9. The molecular weight excluding hydrogens is 498 g/mol. The van der Waals surface area contributed by atoms with Gasteiger partial charge in [-0.25, -0.2) is 8.42 Å². The number of methoxy groups -OCH3 is 3. The fraction of sp³-hybridized carbons (Fsp3) is 0.185. The van der Waals surface area contributed by atoms with Crippen LogP contribution in [0.1, 0.15) is 26.5 Å². The van der Waals surface area contributed by atoms with Crippen molar-refractivity contribution in [2.75, 3.05) is 32.2 Å². The van der Waals surface area contributed by atoms with Crippen molar-refractivity contribution in [3.05, 3.63) is 83.6 Å². The predicted octanol–water partition coefficient (Wildman–Crippen LogP) is 4.62. The van der Waals surface area contributed by atoms with E-state index in [0.29, 0.717) is 21.0 Å². The van der Waals surface area contributed by atoms with Crippen molar-refractivity contribution in [1.29, 1.82) is 0 Å². The summed E-state index contributed by atoms with van der Waals surface area (Å²) in [5.74, 6) is -0.624. The fourth-order valence-corrected chi connectivity index (χ4v) is 5.52. The zero-order valence-electron chi connectivity index (χ0n) is 20.7. The summed E-state index contributed by atoms with van der Waals surface area (Å²) in [6, 6.07) is 16.7. The molecule has 0 radical (unpaired) electrons. The molecule has 4 rings (SSSR count). The van der Waals surface area contributed by atoms with Crippen LogP contribution in [0, 0.1) is 6.92 Å². The monoisotopic (exact) mass is 523 g/mol. The standard InChI is InChI=1S/C27H25NO8S/c1-17-25(21(29)16-33-2)20-15-18(13-14-22(20)36-17)28(37(31,32)19-9-6-5-7-10-19)27(30)26-23(34-3)11-8-12-24(26)35-4/h5-15H,16H2,1-4H3. The summed E-state index contributed by atoms with van der Waals surface area (Å²) in [6.07, 6.45) is 0. The first-order valence-corrected chi connectivity index (χ1v) is 12.6. The number of benzene rings is 3. The molecule has 0 aliphatic rings. The number of hydrogen-bond donors (Lipinski definition) is 0. The Labute approximate surface area is 214 Å². The molecule has 1 aromatic heterocycles. The number of anilines is 1. The van der Waals surface area contributed by atoms with E-state index in [1.165, 1.54) is 63.8 Å². The largest absolute Gasteiger partial charge is 0.496 e. The average molecular weight is 524 g/mol. The molecule has 9 nitrogen and oxygen atoms in total. The summed E-state index contributed by atoms with van der Waals surface area (Å²) >= 11 is 0. The Bertz CT molecular complexity index is 1550. The van der Waals surface area contributed by atoms with Crippen LogP contribution < -0.4 is 13.8 Å². The number of aryl methyl sites for hydroxylation is 1. The average Bonchev–Trinajstić information content (AvgIpc) is 3.23. The van der Waals surface area contributed by atoms with Crippen molar-refractivity contribution in [2.24, 2.45) is 0 Å². The van der Waals surface area contributed by atoms with Gasteiger partial charge in [0.15, 0.2) is 5.78 Å². The fourth-order valence-electron chi connectivity index (χ4n) is 4.11. The molecule has 4 aromatic rings. The number of Topliss-reactive ketones (excluding diaryl/α,β-unsaturated/α-hetero) is 1. The first-order valence-electron chi connectivity index (χ1n) is 11.2. The molecule has 10 heteroatoms. The maximum Gasteiger partial charge on any atom is 0.279 e. The van der Waals surface area contributed by atoms with Crippen LogP contribution in [0.2, 0.25) is 0 Å². The maximum atomic E-state index is 14.1. The second-order valence-corrected chi connectivity index (χ2v) is 9.78. The van der Waals surface area contributed by atoms with E-state index in [4.69, 9.17) is 18.6 Å². The second-order valence-electron chi connectivity index (χ2n) is 8.00. The Morgan fingerprint density at radius 3 is 2.11 bits per heavy atom. The van der Waals surface area contributed by atoms with Gasteiger partial charge in [0.1, 0.15) is 35.0 Å². The van der Waals surface area contributed by atoms with Crippen molar-refractivity contribution in [2.45, 2.75) is 11.8 Å². The van der Waals surface area contributed by atoms with E-state index < -0.39 is 15.9 Å². The number of furan rings is 1. The first kappa shape index (κ1) is 25.9. The highest BCUT2D eigenvalue weighted by molar-refractivity contribution is 7.93. The lowest BCUT2D eigenvalue weighted by molar-refractivity contribution is 0.0847. The van der Waals surface area contributed by atoms with Gasteiger partial charge in [-0.05, 0) is 49.4 Å². The van der Waals surface area contributed by atoms with Gasteiger partial charge in [0.25, 0.3) is 15.9 Å². The van der Waals surface area contributed by atoms with E-state index in [1.807, 2.05) is 0 Å². The number of ketones is 1. The minimum Gasteiger partial charge on any atom is -0.496 e. The van der Waals surface area contributed by atoms with Gasteiger partial charge in [-0.3, -0.25) is 9.59 Å². The predicted molar refractivity (Wildman–Crippen MR) is 137 cm³/mol. The first-order chi connectivity index (χ1) is 17.7. The van der Waals surface area contributed by atoms with E-state index in [9.17, 15) is 18.0 Å². The summed E-state index contributed by atoms with van der Waals surface area (Å²) < 4.78 is 50.0. The number of carbonyl (C=O) groups is 2. The number of fused-ring (bicyclic) bond motifs is 1. The molecule has 0 bridgehead atoms. The van der Waals surface area contributed by atoms with E-state index >= 15 is 0 Å². The van der Waals surface area contributed by atoms with Crippen LogP contribution in [0.15, 0.2) is 76.0 Å². The molecule has 0 unspecified atom stereocenters. The number of ether oxygens (including phenoxy) is 3. The number of amides is 1. The summed E-state index contributed by atoms with van der Waals surface area (Å²) in [5.41, 5.74) is 0.533. The highest BCUT2D eigenvalue weighted by atomic mass is 32.2.